The van der Waals surface area contributed by atoms with Gasteiger partial charge >= 0.3 is 5.97 Å². The molecule has 0 spiro atoms. The molecular weight excluding hydrogens is 430 g/mol. The van der Waals surface area contributed by atoms with Crippen molar-refractivity contribution in [3.63, 3.8) is 0 Å². The fourth-order valence-electron chi connectivity index (χ4n) is 5.17. The predicted octanol–water partition coefficient (Wildman–Crippen LogP) is 5.86. The SMILES string of the molecule is CC1CCCCN1c1cc(Nc2ccc(C(=O)O)cc2)c2c3c(onc13)-c1ccccc1C2=O. The molecule has 1 atom stereocenters. The van der Waals surface area contributed by atoms with Crippen molar-refractivity contribution in [2.24, 2.45) is 0 Å². The third-order valence-electron chi connectivity index (χ3n) is 6.90. The lowest BCUT2D eigenvalue weighted by Crippen LogP contribution is -2.37. The van der Waals surface area contributed by atoms with Gasteiger partial charge in [-0.3, -0.25) is 4.79 Å². The molecule has 1 aromatic heterocycles. The summed E-state index contributed by atoms with van der Waals surface area (Å²) in [7, 11) is 0. The number of benzene rings is 3. The van der Waals surface area contributed by atoms with E-state index in [1.807, 2.05) is 24.3 Å². The zero-order valence-electron chi connectivity index (χ0n) is 18.7. The van der Waals surface area contributed by atoms with Gasteiger partial charge in [0.2, 0.25) is 0 Å². The normalized spacial score (nSPS) is 17.0. The molecule has 2 N–H and O–H groups in total. The maximum Gasteiger partial charge on any atom is 0.335 e. The van der Waals surface area contributed by atoms with E-state index in [0.717, 1.165) is 36.0 Å². The molecule has 4 aromatic rings. The van der Waals surface area contributed by atoms with Crippen LogP contribution in [0.4, 0.5) is 17.1 Å². The van der Waals surface area contributed by atoms with Crippen LogP contribution in [-0.2, 0) is 0 Å². The maximum atomic E-state index is 13.7. The van der Waals surface area contributed by atoms with Crippen LogP contribution in [-0.4, -0.2) is 34.6 Å². The van der Waals surface area contributed by atoms with Gasteiger partial charge in [0.05, 0.1) is 27.9 Å². The van der Waals surface area contributed by atoms with E-state index < -0.39 is 5.97 Å². The minimum Gasteiger partial charge on any atom is -0.478 e. The van der Waals surface area contributed by atoms with E-state index in [1.54, 1.807) is 30.3 Å². The largest absolute Gasteiger partial charge is 0.478 e. The van der Waals surface area contributed by atoms with E-state index >= 15 is 0 Å². The summed E-state index contributed by atoms with van der Waals surface area (Å²) in [6.45, 7) is 3.12. The number of nitrogens with one attached hydrogen (secondary N) is 1. The average molecular weight is 453 g/mol. The third-order valence-corrected chi connectivity index (χ3v) is 6.90. The molecule has 1 fully saturated rings. The molecule has 1 unspecified atom stereocenters. The van der Waals surface area contributed by atoms with E-state index in [-0.39, 0.29) is 11.3 Å². The molecule has 7 nitrogen and oxygen atoms in total. The fourth-order valence-corrected chi connectivity index (χ4v) is 5.17. The molecule has 0 radical (unpaired) electrons. The monoisotopic (exact) mass is 453 g/mol. The molecule has 2 aliphatic rings. The minimum atomic E-state index is -0.981. The first-order chi connectivity index (χ1) is 16.5. The summed E-state index contributed by atoms with van der Waals surface area (Å²) in [4.78, 5) is 27.3. The van der Waals surface area contributed by atoms with Crippen LogP contribution in [0.5, 0.6) is 0 Å². The molecule has 3 aromatic carbocycles. The number of hydrogen-bond acceptors (Lipinski definition) is 6. The van der Waals surface area contributed by atoms with Crippen LogP contribution < -0.4 is 10.2 Å². The van der Waals surface area contributed by atoms with Crippen LogP contribution in [0.3, 0.4) is 0 Å². The zero-order valence-corrected chi connectivity index (χ0v) is 18.7. The van der Waals surface area contributed by atoms with Crippen molar-refractivity contribution < 1.29 is 19.2 Å². The van der Waals surface area contributed by atoms with Gasteiger partial charge in [-0.2, -0.15) is 0 Å². The molecule has 7 heteroatoms. The Morgan fingerprint density at radius 1 is 1.12 bits per heavy atom. The third kappa shape index (κ3) is 3.08. The highest BCUT2D eigenvalue weighted by molar-refractivity contribution is 6.28. The number of aromatic carboxylic acids is 1. The smallest absolute Gasteiger partial charge is 0.335 e. The second-order valence-electron chi connectivity index (χ2n) is 8.97. The molecule has 6 rings (SSSR count). The number of piperidine rings is 1. The molecule has 0 saturated carbocycles. The maximum absolute atomic E-state index is 13.7. The second-order valence-corrected chi connectivity index (χ2v) is 8.97. The highest BCUT2D eigenvalue weighted by atomic mass is 16.5. The first kappa shape index (κ1) is 20.5. The van der Waals surface area contributed by atoms with Gasteiger partial charge in [0.25, 0.3) is 0 Å². The molecule has 1 aliphatic heterocycles. The Labute approximate surface area is 196 Å². The van der Waals surface area contributed by atoms with Gasteiger partial charge in [-0.15, -0.1) is 0 Å². The van der Waals surface area contributed by atoms with E-state index in [1.165, 1.54) is 6.42 Å². The summed E-state index contributed by atoms with van der Waals surface area (Å²) in [5.74, 6) is -0.458. The Hall–Kier alpha value is -4.13. The number of carbonyl (C=O) groups excluding carboxylic acids is 1. The summed E-state index contributed by atoms with van der Waals surface area (Å²) in [5, 5.41) is 17.8. The molecule has 0 bridgehead atoms. The lowest BCUT2D eigenvalue weighted by molar-refractivity contribution is 0.0696. The highest BCUT2D eigenvalue weighted by Gasteiger charge is 2.34. The van der Waals surface area contributed by atoms with Crippen LogP contribution in [0.25, 0.3) is 22.2 Å². The molecule has 1 saturated heterocycles. The summed E-state index contributed by atoms with van der Waals surface area (Å²) >= 11 is 0. The topological polar surface area (TPSA) is 95.7 Å². The van der Waals surface area contributed by atoms with Crippen molar-refractivity contribution in [2.75, 3.05) is 16.8 Å². The van der Waals surface area contributed by atoms with Crippen molar-refractivity contribution in [2.45, 2.75) is 32.2 Å². The fraction of sp³-hybridized carbons (Fsp3) is 0.222. The molecule has 2 heterocycles. The van der Waals surface area contributed by atoms with Gasteiger partial charge in [-0.05, 0) is 56.5 Å². The quantitative estimate of drug-likeness (QED) is 0.352. The molecular formula is C27H23N3O4. The van der Waals surface area contributed by atoms with Gasteiger partial charge in [0.1, 0.15) is 5.52 Å². The Morgan fingerprint density at radius 3 is 2.62 bits per heavy atom. The van der Waals surface area contributed by atoms with Crippen molar-refractivity contribution in [3.05, 3.63) is 71.3 Å². The number of carboxylic acids is 1. The number of carbonyl (C=O) groups is 2. The zero-order chi connectivity index (χ0) is 23.4. The lowest BCUT2D eigenvalue weighted by Gasteiger charge is -2.36. The van der Waals surface area contributed by atoms with E-state index in [4.69, 9.17) is 4.52 Å². The van der Waals surface area contributed by atoms with Crippen LogP contribution in [0.1, 0.15) is 52.5 Å². The number of hydrogen-bond donors (Lipinski definition) is 2. The Bertz CT molecular complexity index is 1460. The van der Waals surface area contributed by atoms with Crippen molar-refractivity contribution in [3.8, 4) is 11.3 Å². The first-order valence-corrected chi connectivity index (χ1v) is 11.5. The van der Waals surface area contributed by atoms with Gasteiger partial charge in [0.15, 0.2) is 11.5 Å². The van der Waals surface area contributed by atoms with Gasteiger partial charge in [-0.1, -0.05) is 29.4 Å². The Kier molecular flexibility index (Phi) is 4.65. The first-order valence-electron chi connectivity index (χ1n) is 11.5. The number of nitrogens with zero attached hydrogens (tertiary/aromatic N) is 2. The number of anilines is 3. The standard InChI is InChI=1S/C27H23N3O4/c1-15-6-4-5-13-30(15)21-14-20(28-17-11-9-16(10-12-17)27(32)33)22-23-24(21)29-34-26(23)19-8-3-2-7-18(19)25(22)31/h2-3,7-12,14-15,28H,4-6,13H2,1H3,(H,32,33). The number of fused-ring (bicyclic) bond motifs is 2. The summed E-state index contributed by atoms with van der Waals surface area (Å²) in [6, 6.07) is 16.3. The number of aromatic nitrogens is 1. The van der Waals surface area contributed by atoms with Gasteiger partial charge < -0.3 is 19.8 Å². The van der Waals surface area contributed by atoms with E-state index in [0.29, 0.717) is 39.8 Å². The highest BCUT2D eigenvalue weighted by Crippen LogP contribution is 2.47. The number of carboxylic acid groups (broad SMARTS) is 1. The number of rotatable bonds is 4. The second kappa shape index (κ2) is 7.73. The lowest BCUT2D eigenvalue weighted by atomic mass is 9.86. The summed E-state index contributed by atoms with van der Waals surface area (Å²) in [5.41, 5.74) is 5.07. The summed E-state index contributed by atoms with van der Waals surface area (Å²) < 4.78 is 5.86. The van der Waals surface area contributed by atoms with Crippen molar-refractivity contribution >= 4 is 39.7 Å². The van der Waals surface area contributed by atoms with Crippen molar-refractivity contribution in [1.82, 2.24) is 5.16 Å². The van der Waals surface area contributed by atoms with Crippen LogP contribution in [0.15, 0.2) is 59.1 Å². The van der Waals surface area contributed by atoms with Crippen molar-refractivity contribution in [1.29, 1.82) is 0 Å². The average Bonchev–Trinajstić information content (AvgIpc) is 3.29. The minimum absolute atomic E-state index is 0.0841. The van der Waals surface area contributed by atoms with E-state index in [9.17, 15) is 14.7 Å². The Morgan fingerprint density at radius 2 is 1.88 bits per heavy atom. The van der Waals surface area contributed by atoms with Gasteiger partial charge in [0, 0.05) is 29.4 Å². The number of ketones is 1. The molecule has 1 aliphatic carbocycles. The van der Waals surface area contributed by atoms with Crippen LogP contribution in [0.2, 0.25) is 0 Å². The van der Waals surface area contributed by atoms with Crippen LogP contribution in [0, 0.1) is 0 Å². The van der Waals surface area contributed by atoms with E-state index in [2.05, 4.69) is 22.3 Å². The van der Waals surface area contributed by atoms with Crippen LogP contribution >= 0.6 is 0 Å². The molecule has 170 valence electrons. The molecule has 34 heavy (non-hydrogen) atoms. The predicted molar refractivity (Wildman–Crippen MR) is 130 cm³/mol. The summed E-state index contributed by atoms with van der Waals surface area (Å²) in [6.07, 6.45) is 3.38. The molecule has 0 amide bonds. The van der Waals surface area contributed by atoms with Gasteiger partial charge in [-0.25, -0.2) is 4.79 Å². The Balaban J connectivity index is 1.57.